The molecule has 3 fully saturated rings. The smallest absolute Gasteiger partial charge is 0.312 e. The van der Waals surface area contributed by atoms with Crippen molar-refractivity contribution in [3.63, 3.8) is 0 Å². The molecule has 7 nitrogen and oxygen atoms in total. The van der Waals surface area contributed by atoms with E-state index in [0.29, 0.717) is 11.6 Å². The zero-order valence-corrected chi connectivity index (χ0v) is 17.5. The predicted molar refractivity (Wildman–Crippen MR) is 109 cm³/mol. The summed E-state index contributed by atoms with van der Waals surface area (Å²) in [7, 11) is 4.04. The van der Waals surface area contributed by atoms with Crippen LogP contribution in [0.5, 0.6) is 0 Å². The van der Waals surface area contributed by atoms with Gasteiger partial charge in [0, 0.05) is 44.5 Å². The third kappa shape index (κ3) is 4.31. The number of nitrogens with zero attached hydrogens (tertiary/aromatic N) is 4. The topological polar surface area (TPSA) is 66.0 Å². The van der Waals surface area contributed by atoms with Crippen LogP contribution >= 0.6 is 0 Å². The van der Waals surface area contributed by atoms with Gasteiger partial charge >= 0.3 is 5.97 Å². The molecule has 4 heterocycles. The number of carbonyl (C=O) groups is 2. The van der Waals surface area contributed by atoms with Crippen LogP contribution in [0.1, 0.15) is 42.5 Å². The van der Waals surface area contributed by atoms with Gasteiger partial charge in [0.25, 0.3) is 5.91 Å². The number of ether oxygens (including phenoxy) is 1. The highest BCUT2D eigenvalue weighted by Crippen LogP contribution is 2.44. The van der Waals surface area contributed by atoms with Crippen molar-refractivity contribution in [3.8, 4) is 0 Å². The monoisotopic (exact) mass is 400 g/mol. The molecule has 1 unspecified atom stereocenters. The molecule has 158 valence electrons. The van der Waals surface area contributed by atoms with Crippen LogP contribution in [0.25, 0.3) is 0 Å². The first-order valence-corrected chi connectivity index (χ1v) is 10.8. The van der Waals surface area contributed by atoms with Crippen molar-refractivity contribution in [3.05, 3.63) is 30.1 Å². The van der Waals surface area contributed by atoms with E-state index in [1.165, 1.54) is 0 Å². The Labute approximate surface area is 173 Å². The fourth-order valence-corrected chi connectivity index (χ4v) is 5.18. The zero-order chi connectivity index (χ0) is 20.4. The molecule has 1 aromatic heterocycles. The molecule has 4 rings (SSSR count). The van der Waals surface area contributed by atoms with E-state index in [9.17, 15) is 9.59 Å². The Morgan fingerprint density at radius 2 is 1.97 bits per heavy atom. The van der Waals surface area contributed by atoms with Crippen molar-refractivity contribution in [1.82, 2.24) is 19.7 Å². The minimum absolute atomic E-state index is 0.0147. The molecule has 1 amide bonds. The van der Waals surface area contributed by atoms with Crippen LogP contribution in [0.2, 0.25) is 0 Å². The molecule has 0 radical (unpaired) electrons. The molecule has 0 bridgehead atoms. The van der Waals surface area contributed by atoms with Crippen molar-refractivity contribution >= 4 is 11.9 Å². The zero-order valence-electron chi connectivity index (χ0n) is 17.5. The molecule has 29 heavy (non-hydrogen) atoms. The Bertz CT molecular complexity index is 723. The summed E-state index contributed by atoms with van der Waals surface area (Å²) in [6.45, 7) is 4.27. The summed E-state index contributed by atoms with van der Waals surface area (Å²) in [4.78, 5) is 35.8. The molecule has 7 heteroatoms. The van der Waals surface area contributed by atoms with E-state index in [1.807, 2.05) is 25.1 Å². The first kappa shape index (κ1) is 20.3. The summed E-state index contributed by atoms with van der Waals surface area (Å²) in [5.74, 6) is 0.0932. The standard InChI is InChI=1S/C22H32N4O3/c1-24(2)16-19-14-22(21(28)29-19)7-12-25(13-8-22)18-5-10-26(11-6-18)20(27)17-4-3-9-23-15-17/h3-4,9,15,18-19H,5-8,10-14,16H2,1-2H3. The summed E-state index contributed by atoms with van der Waals surface area (Å²) in [5.41, 5.74) is 0.395. The van der Waals surface area contributed by atoms with Gasteiger partial charge in [-0.15, -0.1) is 0 Å². The number of aromatic nitrogens is 1. The number of amides is 1. The van der Waals surface area contributed by atoms with Gasteiger partial charge in [-0.3, -0.25) is 14.6 Å². The molecular weight excluding hydrogens is 368 g/mol. The summed E-state index contributed by atoms with van der Waals surface area (Å²) in [6, 6.07) is 4.14. The number of likely N-dealkylation sites (N-methyl/N-ethyl adjacent to an activating group) is 1. The number of hydrogen-bond donors (Lipinski definition) is 0. The van der Waals surface area contributed by atoms with Gasteiger partial charge in [-0.2, -0.15) is 0 Å². The van der Waals surface area contributed by atoms with Crippen molar-refractivity contribution in [1.29, 1.82) is 0 Å². The minimum atomic E-state index is -0.270. The number of cyclic esters (lactones) is 1. The van der Waals surface area contributed by atoms with Crippen LogP contribution in [0.15, 0.2) is 24.5 Å². The molecule has 3 saturated heterocycles. The Morgan fingerprint density at radius 1 is 1.24 bits per heavy atom. The van der Waals surface area contributed by atoms with Gasteiger partial charge in [-0.25, -0.2) is 0 Å². The van der Waals surface area contributed by atoms with E-state index in [0.717, 1.165) is 64.8 Å². The van der Waals surface area contributed by atoms with Crippen LogP contribution < -0.4 is 0 Å². The molecule has 3 aliphatic rings. The lowest BCUT2D eigenvalue weighted by Crippen LogP contribution is -2.51. The fraction of sp³-hybridized carbons (Fsp3) is 0.682. The maximum atomic E-state index is 12.6. The summed E-state index contributed by atoms with van der Waals surface area (Å²) >= 11 is 0. The van der Waals surface area contributed by atoms with Crippen LogP contribution in [0.3, 0.4) is 0 Å². The van der Waals surface area contributed by atoms with E-state index in [4.69, 9.17) is 4.74 Å². The predicted octanol–water partition coefficient (Wildman–Crippen LogP) is 1.65. The average Bonchev–Trinajstić information content (AvgIpc) is 3.02. The molecule has 1 atom stereocenters. The first-order valence-electron chi connectivity index (χ1n) is 10.8. The Kier molecular flexibility index (Phi) is 5.88. The normalized spacial score (nSPS) is 25.6. The second-order valence-corrected chi connectivity index (χ2v) is 9.08. The molecule has 1 aromatic rings. The number of pyridine rings is 1. The number of likely N-dealkylation sites (tertiary alicyclic amines) is 2. The number of hydrogen-bond acceptors (Lipinski definition) is 6. The highest BCUT2D eigenvalue weighted by molar-refractivity contribution is 5.93. The lowest BCUT2D eigenvalue weighted by Gasteiger charge is -2.43. The highest BCUT2D eigenvalue weighted by atomic mass is 16.6. The van der Waals surface area contributed by atoms with E-state index in [2.05, 4.69) is 14.8 Å². The van der Waals surface area contributed by atoms with Crippen molar-refractivity contribution < 1.29 is 14.3 Å². The number of piperidine rings is 2. The van der Waals surface area contributed by atoms with Crippen LogP contribution in [-0.2, 0) is 9.53 Å². The SMILES string of the molecule is CN(C)CC1CC2(CCN(C3CCN(C(=O)c4cccnc4)CC3)CC2)C(=O)O1. The van der Waals surface area contributed by atoms with Gasteiger partial charge in [0.15, 0.2) is 0 Å². The lowest BCUT2D eigenvalue weighted by atomic mass is 9.75. The largest absolute Gasteiger partial charge is 0.461 e. The fourth-order valence-electron chi connectivity index (χ4n) is 5.18. The van der Waals surface area contributed by atoms with Gasteiger partial charge in [-0.05, 0) is 65.0 Å². The molecule has 0 N–H and O–H groups in total. The van der Waals surface area contributed by atoms with Gasteiger partial charge in [0.1, 0.15) is 6.10 Å². The minimum Gasteiger partial charge on any atom is -0.461 e. The molecular formula is C22H32N4O3. The second-order valence-electron chi connectivity index (χ2n) is 9.08. The van der Waals surface area contributed by atoms with Crippen molar-refractivity contribution in [2.45, 2.75) is 44.2 Å². The Morgan fingerprint density at radius 3 is 2.59 bits per heavy atom. The number of rotatable bonds is 4. The summed E-state index contributed by atoms with van der Waals surface area (Å²) < 4.78 is 5.68. The first-order chi connectivity index (χ1) is 14.0. The Hall–Kier alpha value is -1.99. The third-order valence-corrected chi connectivity index (χ3v) is 6.83. The van der Waals surface area contributed by atoms with Gasteiger partial charge < -0.3 is 19.4 Å². The van der Waals surface area contributed by atoms with E-state index in [1.54, 1.807) is 18.5 Å². The summed E-state index contributed by atoms with van der Waals surface area (Å²) in [6.07, 6.45) is 7.99. The van der Waals surface area contributed by atoms with Crippen LogP contribution in [0, 0.1) is 5.41 Å². The average molecular weight is 401 g/mol. The summed E-state index contributed by atoms with van der Waals surface area (Å²) in [5, 5.41) is 0. The van der Waals surface area contributed by atoms with Gasteiger partial charge in [0.05, 0.1) is 11.0 Å². The number of carbonyl (C=O) groups excluding carboxylic acids is 2. The number of esters is 1. The van der Waals surface area contributed by atoms with Crippen LogP contribution in [-0.4, -0.2) is 90.5 Å². The molecule has 0 saturated carbocycles. The van der Waals surface area contributed by atoms with E-state index < -0.39 is 0 Å². The molecule has 3 aliphatic heterocycles. The quantitative estimate of drug-likeness (QED) is 0.716. The maximum Gasteiger partial charge on any atom is 0.312 e. The molecule has 1 spiro atoms. The maximum absolute atomic E-state index is 12.6. The highest BCUT2D eigenvalue weighted by Gasteiger charge is 2.50. The van der Waals surface area contributed by atoms with Gasteiger partial charge in [0.2, 0.25) is 0 Å². The third-order valence-electron chi connectivity index (χ3n) is 6.83. The Balaban J connectivity index is 1.27. The lowest BCUT2D eigenvalue weighted by molar-refractivity contribution is -0.151. The van der Waals surface area contributed by atoms with E-state index >= 15 is 0 Å². The second kappa shape index (κ2) is 8.40. The van der Waals surface area contributed by atoms with E-state index in [-0.39, 0.29) is 23.4 Å². The van der Waals surface area contributed by atoms with Crippen molar-refractivity contribution in [2.24, 2.45) is 5.41 Å². The molecule has 0 aliphatic carbocycles. The van der Waals surface area contributed by atoms with Crippen molar-refractivity contribution in [2.75, 3.05) is 46.8 Å². The molecule has 0 aromatic carbocycles. The van der Waals surface area contributed by atoms with Gasteiger partial charge in [-0.1, -0.05) is 0 Å². The van der Waals surface area contributed by atoms with Crippen LogP contribution in [0.4, 0.5) is 0 Å².